The van der Waals surface area contributed by atoms with Crippen LogP contribution in [0, 0.1) is 0 Å². The van der Waals surface area contributed by atoms with Crippen molar-refractivity contribution < 1.29 is 0 Å². The number of unbranched alkanes of at least 4 members (excludes halogenated alkanes) is 1. The van der Waals surface area contributed by atoms with Crippen molar-refractivity contribution >= 4 is 29.9 Å². The summed E-state index contributed by atoms with van der Waals surface area (Å²) in [6.07, 6.45) is 4.05. The Kier molecular flexibility index (Phi) is 11.2. The zero-order valence-electron chi connectivity index (χ0n) is 14.4. The van der Waals surface area contributed by atoms with Crippen molar-refractivity contribution in [2.24, 2.45) is 12.0 Å². The highest BCUT2D eigenvalue weighted by Crippen LogP contribution is 1.97. The summed E-state index contributed by atoms with van der Waals surface area (Å²) >= 11 is 0. The Bertz CT molecular complexity index is 433. The first-order chi connectivity index (χ1) is 10.1. The lowest BCUT2D eigenvalue weighted by atomic mass is 10.3. The van der Waals surface area contributed by atoms with E-state index in [2.05, 4.69) is 44.2 Å². The van der Waals surface area contributed by atoms with Crippen molar-refractivity contribution in [2.75, 3.05) is 40.8 Å². The summed E-state index contributed by atoms with van der Waals surface area (Å²) in [5, 5.41) is 7.47. The average molecular weight is 423 g/mol. The van der Waals surface area contributed by atoms with Crippen molar-refractivity contribution in [3.63, 3.8) is 0 Å². The van der Waals surface area contributed by atoms with Gasteiger partial charge in [-0.2, -0.15) is 5.10 Å². The van der Waals surface area contributed by atoms with Gasteiger partial charge in [-0.3, -0.25) is 9.67 Å². The van der Waals surface area contributed by atoms with Crippen LogP contribution in [0.3, 0.4) is 0 Å². The summed E-state index contributed by atoms with van der Waals surface area (Å²) in [5.74, 6) is 1.79. The molecule has 0 saturated carbocycles. The first-order valence-electron chi connectivity index (χ1n) is 7.51. The van der Waals surface area contributed by atoms with Gasteiger partial charge in [0, 0.05) is 34.2 Å². The van der Waals surface area contributed by atoms with Gasteiger partial charge in [0.2, 0.25) is 0 Å². The van der Waals surface area contributed by atoms with Crippen LogP contribution in [0.1, 0.15) is 25.6 Å². The molecule has 1 aromatic heterocycles. The van der Waals surface area contributed by atoms with Gasteiger partial charge in [0.1, 0.15) is 12.2 Å². The first-order valence-corrected chi connectivity index (χ1v) is 7.51. The number of aromatic nitrogens is 3. The summed E-state index contributed by atoms with van der Waals surface area (Å²) in [7, 11) is 7.86. The second kappa shape index (κ2) is 11.6. The highest BCUT2D eigenvalue weighted by atomic mass is 127. The lowest BCUT2D eigenvalue weighted by Crippen LogP contribution is -2.42. The van der Waals surface area contributed by atoms with E-state index in [0.29, 0.717) is 6.54 Å². The molecule has 0 unspecified atom stereocenters. The molecule has 1 N–H and O–H groups in total. The minimum absolute atomic E-state index is 0. The SMILES string of the molecule is CCCCN(C)CCNC(=NC)N(C)Cc1ncnn1C.I. The van der Waals surface area contributed by atoms with Crippen LogP contribution in [0.4, 0.5) is 0 Å². The van der Waals surface area contributed by atoms with E-state index in [9.17, 15) is 0 Å². The third-order valence-corrected chi connectivity index (χ3v) is 3.43. The van der Waals surface area contributed by atoms with Crippen LogP contribution in [-0.4, -0.2) is 71.3 Å². The zero-order chi connectivity index (χ0) is 15.7. The van der Waals surface area contributed by atoms with E-state index in [0.717, 1.165) is 31.4 Å². The standard InChI is InChI=1S/C14H29N7.HI/c1-6-7-9-19(3)10-8-16-14(15-2)20(4)11-13-17-12-18-21(13)5;/h12H,6-11H2,1-5H3,(H,15,16);1H. The molecule has 0 aliphatic heterocycles. The van der Waals surface area contributed by atoms with Crippen molar-refractivity contribution in [1.29, 1.82) is 0 Å². The largest absolute Gasteiger partial charge is 0.355 e. The van der Waals surface area contributed by atoms with Crippen LogP contribution >= 0.6 is 24.0 Å². The van der Waals surface area contributed by atoms with Crippen LogP contribution in [-0.2, 0) is 13.6 Å². The lowest BCUT2D eigenvalue weighted by Gasteiger charge is -2.23. The number of aryl methyl sites for hydroxylation is 1. The van der Waals surface area contributed by atoms with Crippen molar-refractivity contribution in [3.8, 4) is 0 Å². The molecule has 0 radical (unpaired) electrons. The number of guanidine groups is 1. The molecule has 0 aliphatic rings. The number of nitrogens with one attached hydrogen (secondary N) is 1. The Labute approximate surface area is 151 Å². The van der Waals surface area contributed by atoms with Crippen LogP contribution in [0.2, 0.25) is 0 Å². The molecule has 1 heterocycles. The molecule has 7 nitrogen and oxygen atoms in total. The second-order valence-corrected chi connectivity index (χ2v) is 5.29. The molecule has 0 aliphatic carbocycles. The lowest BCUT2D eigenvalue weighted by molar-refractivity contribution is 0.329. The second-order valence-electron chi connectivity index (χ2n) is 5.29. The van der Waals surface area contributed by atoms with Gasteiger partial charge in [-0.1, -0.05) is 13.3 Å². The Morgan fingerprint density at radius 2 is 2.09 bits per heavy atom. The third-order valence-electron chi connectivity index (χ3n) is 3.43. The van der Waals surface area contributed by atoms with Gasteiger partial charge in [-0.25, -0.2) is 4.98 Å². The number of hydrogen-bond acceptors (Lipinski definition) is 4. The fourth-order valence-corrected chi connectivity index (χ4v) is 2.03. The van der Waals surface area contributed by atoms with Gasteiger partial charge >= 0.3 is 0 Å². The van der Waals surface area contributed by atoms with Gasteiger partial charge in [0.15, 0.2) is 5.96 Å². The van der Waals surface area contributed by atoms with Crippen LogP contribution in [0.15, 0.2) is 11.3 Å². The zero-order valence-corrected chi connectivity index (χ0v) is 16.7. The number of nitrogens with zero attached hydrogens (tertiary/aromatic N) is 6. The highest BCUT2D eigenvalue weighted by Gasteiger charge is 2.09. The summed E-state index contributed by atoms with van der Waals surface area (Å²) in [6, 6.07) is 0. The van der Waals surface area contributed by atoms with Gasteiger partial charge in [-0.15, -0.1) is 24.0 Å². The molecule has 1 rings (SSSR count). The highest BCUT2D eigenvalue weighted by molar-refractivity contribution is 14.0. The fraction of sp³-hybridized carbons (Fsp3) is 0.786. The minimum atomic E-state index is 0. The number of aliphatic imine (C=N–C) groups is 1. The van der Waals surface area contributed by atoms with Crippen LogP contribution in [0.25, 0.3) is 0 Å². The molecule has 128 valence electrons. The van der Waals surface area contributed by atoms with E-state index < -0.39 is 0 Å². The molecule has 1 aromatic rings. The number of rotatable bonds is 8. The van der Waals surface area contributed by atoms with Gasteiger partial charge in [0.25, 0.3) is 0 Å². The average Bonchev–Trinajstić information content (AvgIpc) is 2.86. The maximum absolute atomic E-state index is 4.31. The molecule has 0 aromatic carbocycles. The van der Waals surface area contributed by atoms with E-state index in [1.54, 1.807) is 18.1 Å². The summed E-state index contributed by atoms with van der Waals surface area (Å²) in [4.78, 5) is 12.9. The predicted molar refractivity (Wildman–Crippen MR) is 102 cm³/mol. The van der Waals surface area contributed by atoms with Gasteiger partial charge < -0.3 is 15.1 Å². The monoisotopic (exact) mass is 423 g/mol. The molecule has 0 fully saturated rings. The Hall–Kier alpha value is -0.900. The number of likely N-dealkylation sites (N-methyl/N-ethyl adjacent to an activating group) is 1. The Balaban J connectivity index is 0.00000441. The van der Waals surface area contributed by atoms with E-state index >= 15 is 0 Å². The Morgan fingerprint density at radius 1 is 1.36 bits per heavy atom. The molecule has 0 amide bonds. The quantitative estimate of drug-likeness (QED) is 0.387. The molecule has 0 atom stereocenters. The van der Waals surface area contributed by atoms with Crippen LogP contribution < -0.4 is 5.32 Å². The molecular formula is C14H30IN7. The third kappa shape index (κ3) is 7.39. The minimum Gasteiger partial charge on any atom is -0.355 e. The van der Waals surface area contributed by atoms with Crippen molar-refractivity contribution in [1.82, 2.24) is 29.9 Å². The fourth-order valence-electron chi connectivity index (χ4n) is 2.03. The first kappa shape index (κ1) is 21.1. The molecule has 0 saturated heterocycles. The maximum Gasteiger partial charge on any atom is 0.193 e. The molecule has 0 spiro atoms. The summed E-state index contributed by atoms with van der Waals surface area (Å²) in [5.41, 5.74) is 0. The smallest absolute Gasteiger partial charge is 0.193 e. The Morgan fingerprint density at radius 3 is 2.64 bits per heavy atom. The van der Waals surface area contributed by atoms with Gasteiger partial charge in [-0.05, 0) is 20.0 Å². The molecule has 8 heteroatoms. The van der Waals surface area contributed by atoms with Gasteiger partial charge in [0.05, 0.1) is 6.54 Å². The van der Waals surface area contributed by atoms with E-state index in [1.165, 1.54) is 12.8 Å². The normalized spacial score (nSPS) is 11.5. The van der Waals surface area contributed by atoms with E-state index in [-0.39, 0.29) is 24.0 Å². The predicted octanol–water partition coefficient (Wildman–Crippen LogP) is 1.17. The van der Waals surface area contributed by atoms with E-state index in [4.69, 9.17) is 0 Å². The number of hydrogen-bond donors (Lipinski definition) is 1. The summed E-state index contributed by atoms with van der Waals surface area (Å²) in [6.45, 7) is 5.94. The molecular weight excluding hydrogens is 393 g/mol. The summed E-state index contributed by atoms with van der Waals surface area (Å²) < 4.78 is 1.78. The number of halogens is 1. The van der Waals surface area contributed by atoms with Crippen molar-refractivity contribution in [2.45, 2.75) is 26.3 Å². The van der Waals surface area contributed by atoms with E-state index in [1.807, 2.05) is 14.1 Å². The van der Waals surface area contributed by atoms with Crippen LogP contribution in [0.5, 0.6) is 0 Å². The topological polar surface area (TPSA) is 61.6 Å². The molecule has 22 heavy (non-hydrogen) atoms. The maximum atomic E-state index is 4.31. The van der Waals surface area contributed by atoms with Crippen molar-refractivity contribution in [3.05, 3.63) is 12.2 Å². The molecule has 0 bridgehead atoms.